The zero-order chi connectivity index (χ0) is 21.7. The van der Waals surface area contributed by atoms with E-state index in [9.17, 15) is 9.59 Å². The number of carbonyl (C=O) groups excluding carboxylic acids is 2. The summed E-state index contributed by atoms with van der Waals surface area (Å²) in [5, 5.41) is 4.59. The molecule has 0 aliphatic heterocycles. The molecular formula is C22H23N3O5. The van der Waals surface area contributed by atoms with Gasteiger partial charge in [-0.15, -0.1) is 0 Å². The molecule has 3 rings (SSSR count). The monoisotopic (exact) mass is 409 g/mol. The third-order valence-electron chi connectivity index (χ3n) is 4.44. The van der Waals surface area contributed by atoms with Crippen molar-refractivity contribution >= 4 is 11.9 Å². The van der Waals surface area contributed by atoms with Crippen LogP contribution in [0.3, 0.4) is 0 Å². The lowest BCUT2D eigenvalue weighted by Gasteiger charge is -2.11. The van der Waals surface area contributed by atoms with E-state index in [2.05, 4.69) is 5.10 Å². The van der Waals surface area contributed by atoms with Gasteiger partial charge < -0.3 is 19.1 Å². The molecule has 1 heterocycles. The Kier molecular flexibility index (Phi) is 6.36. The molecule has 1 amide bonds. The minimum Gasteiger partial charge on any atom is -0.493 e. The molecule has 0 fully saturated rings. The topological polar surface area (TPSA) is 82.9 Å². The van der Waals surface area contributed by atoms with Crippen molar-refractivity contribution in [1.82, 2.24) is 14.7 Å². The second-order valence-corrected chi connectivity index (χ2v) is 6.61. The normalized spacial score (nSPS) is 10.4. The van der Waals surface area contributed by atoms with Gasteiger partial charge in [-0.05, 0) is 30.3 Å². The first-order chi connectivity index (χ1) is 14.4. The SMILES string of the molecule is COc1ccc(-c2nn(-c3ccccc3)cc2C(=O)OCC(=O)N(C)C)cc1OC. The van der Waals surface area contributed by atoms with Crippen molar-refractivity contribution < 1.29 is 23.8 Å². The molecule has 0 atom stereocenters. The molecule has 156 valence electrons. The van der Waals surface area contributed by atoms with Crippen LogP contribution in [0.5, 0.6) is 11.5 Å². The van der Waals surface area contributed by atoms with E-state index in [1.54, 1.807) is 50.3 Å². The predicted octanol–water partition coefficient (Wildman–Crippen LogP) is 2.80. The molecule has 30 heavy (non-hydrogen) atoms. The van der Waals surface area contributed by atoms with Gasteiger partial charge in [-0.25, -0.2) is 9.48 Å². The molecule has 1 aromatic heterocycles. The smallest absolute Gasteiger partial charge is 0.342 e. The molecular weight excluding hydrogens is 386 g/mol. The minimum absolute atomic E-state index is 0.234. The Bertz CT molecular complexity index is 1040. The number of ether oxygens (including phenoxy) is 3. The van der Waals surface area contributed by atoms with Crippen LogP contribution in [0.15, 0.2) is 54.7 Å². The number of likely N-dealkylation sites (N-methyl/N-ethyl adjacent to an activating group) is 1. The maximum absolute atomic E-state index is 12.8. The summed E-state index contributed by atoms with van der Waals surface area (Å²) < 4.78 is 17.5. The average Bonchev–Trinajstić information content (AvgIpc) is 3.22. The summed E-state index contributed by atoms with van der Waals surface area (Å²) in [4.78, 5) is 26.0. The molecule has 0 saturated carbocycles. The summed E-state index contributed by atoms with van der Waals surface area (Å²) in [6, 6.07) is 14.6. The van der Waals surface area contributed by atoms with Crippen molar-refractivity contribution in [3.63, 3.8) is 0 Å². The van der Waals surface area contributed by atoms with Crippen LogP contribution in [0, 0.1) is 0 Å². The summed E-state index contributed by atoms with van der Waals surface area (Å²) >= 11 is 0. The molecule has 2 aromatic carbocycles. The Hall–Kier alpha value is -3.81. The van der Waals surface area contributed by atoms with Crippen molar-refractivity contribution in [3.05, 3.63) is 60.3 Å². The van der Waals surface area contributed by atoms with Gasteiger partial charge in [0.05, 0.1) is 19.9 Å². The van der Waals surface area contributed by atoms with Crippen LogP contribution in [0.4, 0.5) is 0 Å². The van der Waals surface area contributed by atoms with Crippen molar-refractivity contribution in [2.45, 2.75) is 0 Å². The average molecular weight is 409 g/mol. The number of carbonyl (C=O) groups is 2. The number of para-hydroxylation sites is 1. The van der Waals surface area contributed by atoms with Crippen molar-refractivity contribution in [3.8, 4) is 28.4 Å². The van der Waals surface area contributed by atoms with E-state index < -0.39 is 5.97 Å². The first kappa shape index (κ1) is 20.9. The van der Waals surface area contributed by atoms with E-state index in [4.69, 9.17) is 14.2 Å². The maximum Gasteiger partial charge on any atom is 0.342 e. The van der Waals surface area contributed by atoms with Gasteiger partial charge in [-0.3, -0.25) is 4.79 Å². The number of benzene rings is 2. The lowest BCUT2D eigenvalue weighted by atomic mass is 10.1. The minimum atomic E-state index is -0.642. The zero-order valence-electron chi connectivity index (χ0n) is 17.3. The quantitative estimate of drug-likeness (QED) is 0.558. The third kappa shape index (κ3) is 4.43. The molecule has 0 aliphatic rings. The fourth-order valence-corrected chi connectivity index (χ4v) is 2.77. The molecule has 0 spiro atoms. The van der Waals surface area contributed by atoms with E-state index in [0.717, 1.165) is 5.69 Å². The summed E-state index contributed by atoms with van der Waals surface area (Å²) in [5.74, 6) is 0.111. The van der Waals surface area contributed by atoms with Gasteiger partial charge in [0.25, 0.3) is 5.91 Å². The summed E-state index contributed by atoms with van der Waals surface area (Å²) in [7, 11) is 6.27. The van der Waals surface area contributed by atoms with Crippen molar-refractivity contribution in [2.24, 2.45) is 0 Å². The lowest BCUT2D eigenvalue weighted by Crippen LogP contribution is -2.27. The van der Waals surface area contributed by atoms with Crippen LogP contribution in [0.1, 0.15) is 10.4 Å². The van der Waals surface area contributed by atoms with E-state index in [1.807, 2.05) is 30.3 Å². The number of nitrogens with zero attached hydrogens (tertiary/aromatic N) is 3. The fourth-order valence-electron chi connectivity index (χ4n) is 2.77. The molecule has 8 nitrogen and oxygen atoms in total. The Labute approximate surface area is 174 Å². The number of amides is 1. The van der Waals surface area contributed by atoms with E-state index in [-0.39, 0.29) is 18.1 Å². The second-order valence-electron chi connectivity index (χ2n) is 6.61. The Morgan fingerprint density at radius 2 is 1.70 bits per heavy atom. The molecule has 0 N–H and O–H groups in total. The first-order valence-electron chi connectivity index (χ1n) is 9.19. The Morgan fingerprint density at radius 1 is 1.00 bits per heavy atom. The number of hydrogen-bond acceptors (Lipinski definition) is 6. The first-order valence-corrected chi connectivity index (χ1v) is 9.19. The molecule has 8 heteroatoms. The van der Waals surface area contributed by atoms with Gasteiger partial charge in [0, 0.05) is 25.9 Å². The second kappa shape index (κ2) is 9.13. The molecule has 0 aliphatic carbocycles. The number of esters is 1. The van der Waals surface area contributed by atoms with Gasteiger partial charge in [0.2, 0.25) is 0 Å². The van der Waals surface area contributed by atoms with Crippen LogP contribution < -0.4 is 9.47 Å². The summed E-state index contributed by atoms with van der Waals surface area (Å²) in [6.45, 7) is -0.353. The summed E-state index contributed by atoms with van der Waals surface area (Å²) in [6.07, 6.45) is 1.59. The molecule has 3 aromatic rings. The maximum atomic E-state index is 12.8. The highest BCUT2D eigenvalue weighted by Gasteiger charge is 2.22. The highest BCUT2D eigenvalue weighted by Crippen LogP contribution is 2.33. The summed E-state index contributed by atoms with van der Waals surface area (Å²) in [5.41, 5.74) is 2.07. The van der Waals surface area contributed by atoms with Crippen molar-refractivity contribution in [1.29, 1.82) is 0 Å². The molecule has 0 saturated heterocycles. The zero-order valence-corrected chi connectivity index (χ0v) is 17.3. The van der Waals surface area contributed by atoms with Gasteiger partial charge in [-0.2, -0.15) is 5.10 Å². The van der Waals surface area contributed by atoms with Gasteiger partial charge >= 0.3 is 5.97 Å². The van der Waals surface area contributed by atoms with E-state index in [0.29, 0.717) is 22.8 Å². The standard InChI is InChI=1S/C22H23N3O5/c1-24(2)20(26)14-30-22(27)17-13-25(16-8-6-5-7-9-16)23-21(17)15-10-11-18(28-3)19(12-15)29-4/h5-13H,14H2,1-4H3. The number of rotatable bonds is 7. The van der Waals surface area contributed by atoms with E-state index >= 15 is 0 Å². The molecule has 0 radical (unpaired) electrons. The van der Waals surface area contributed by atoms with Crippen LogP contribution in [0.2, 0.25) is 0 Å². The Morgan fingerprint density at radius 3 is 2.33 bits per heavy atom. The number of hydrogen-bond donors (Lipinski definition) is 0. The third-order valence-corrected chi connectivity index (χ3v) is 4.44. The number of methoxy groups -OCH3 is 2. The highest BCUT2D eigenvalue weighted by atomic mass is 16.5. The lowest BCUT2D eigenvalue weighted by molar-refractivity contribution is -0.131. The van der Waals surface area contributed by atoms with Gasteiger partial charge in [0.1, 0.15) is 11.3 Å². The van der Waals surface area contributed by atoms with Crippen LogP contribution in [0.25, 0.3) is 16.9 Å². The van der Waals surface area contributed by atoms with Crippen LogP contribution in [-0.4, -0.2) is 61.5 Å². The largest absolute Gasteiger partial charge is 0.493 e. The highest BCUT2D eigenvalue weighted by molar-refractivity contribution is 5.97. The van der Waals surface area contributed by atoms with E-state index in [1.165, 1.54) is 12.0 Å². The fraction of sp³-hybridized carbons (Fsp3) is 0.227. The van der Waals surface area contributed by atoms with Gasteiger partial charge in [0.15, 0.2) is 18.1 Å². The van der Waals surface area contributed by atoms with Gasteiger partial charge in [-0.1, -0.05) is 18.2 Å². The predicted molar refractivity (Wildman–Crippen MR) is 111 cm³/mol. The number of aromatic nitrogens is 2. The van der Waals surface area contributed by atoms with Crippen LogP contribution in [-0.2, 0) is 9.53 Å². The Balaban J connectivity index is 2.03. The molecule has 0 unspecified atom stereocenters. The molecule has 0 bridgehead atoms. The van der Waals surface area contributed by atoms with Crippen molar-refractivity contribution in [2.75, 3.05) is 34.9 Å². The van der Waals surface area contributed by atoms with Crippen LogP contribution >= 0.6 is 0 Å².